The highest BCUT2D eigenvalue weighted by Gasteiger charge is 2.32. The first-order valence-corrected chi connectivity index (χ1v) is 6.30. The van der Waals surface area contributed by atoms with Crippen LogP contribution in [0.15, 0.2) is 0 Å². The number of amides is 1. The Labute approximate surface area is 113 Å². The third-order valence-electron chi connectivity index (χ3n) is 2.72. The third-order valence-corrected chi connectivity index (χ3v) is 2.72. The van der Waals surface area contributed by atoms with Crippen molar-refractivity contribution in [3.63, 3.8) is 0 Å². The van der Waals surface area contributed by atoms with Crippen molar-refractivity contribution in [3.05, 3.63) is 0 Å². The van der Waals surface area contributed by atoms with Gasteiger partial charge >= 0.3 is 5.97 Å². The second-order valence-electron chi connectivity index (χ2n) is 5.08. The highest BCUT2D eigenvalue weighted by Crippen LogP contribution is 2.19. The summed E-state index contributed by atoms with van der Waals surface area (Å²) in [5.41, 5.74) is -0.678. The summed E-state index contributed by atoms with van der Waals surface area (Å²) in [6.45, 7) is 4.58. The predicted octanol–water partition coefficient (Wildman–Crippen LogP) is -1.06. The average molecular weight is 276 g/mol. The molecule has 0 radical (unpaired) electrons. The second kappa shape index (κ2) is 8.84. The van der Waals surface area contributed by atoms with E-state index in [1.54, 1.807) is 13.8 Å². The highest BCUT2D eigenvalue weighted by molar-refractivity contribution is 5.81. The fraction of sp³-hybridized carbons (Fsp3) is 0.833. The molecule has 112 valence electrons. The van der Waals surface area contributed by atoms with E-state index in [0.717, 1.165) is 0 Å². The number of carbonyl (C=O) groups excluding carboxylic acids is 1. The van der Waals surface area contributed by atoms with Crippen LogP contribution in [0.1, 0.15) is 26.7 Å². The lowest BCUT2D eigenvalue weighted by Gasteiger charge is -2.29. The van der Waals surface area contributed by atoms with Gasteiger partial charge in [0.2, 0.25) is 5.91 Å². The molecule has 0 bridgehead atoms. The van der Waals surface area contributed by atoms with Crippen molar-refractivity contribution >= 4 is 11.9 Å². The van der Waals surface area contributed by atoms with Crippen LogP contribution in [0.2, 0.25) is 0 Å². The molecule has 1 atom stereocenters. The number of aliphatic hydroxyl groups excluding tert-OH is 2. The molecular formula is C12H24N2O5. The number of carboxylic acids is 1. The first kappa shape index (κ1) is 17.8. The number of aliphatic carboxylic acids is 1. The van der Waals surface area contributed by atoms with E-state index in [2.05, 4.69) is 10.6 Å². The lowest BCUT2D eigenvalue weighted by molar-refractivity contribution is -0.137. The van der Waals surface area contributed by atoms with Crippen LogP contribution in [-0.2, 0) is 9.59 Å². The Morgan fingerprint density at radius 2 is 1.89 bits per heavy atom. The van der Waals surface area contributed by atoms with Gasteiger partial charge in [-0.2, -0.15) is 0 Å². The zero-order valence-corrected chi connectivity index (χ0v) is 11.5. The molecule has 0 saturated heterocycles. The summed E-state index contributed by atoms with van der Waals surface area (Å²) >= 11 is 0. The fourth-order valence-corrected chi connectivity index (χ4v) is 1.46. The average Bonchev–Trinajstić information content (AvgIpc) is 2.33. The van der Waals surface area contributed by atoms with Crippen LogP contribution >= 0.6 is 0 Å². The molecule has 0 aliphatic carbocycles. The summed E-state index contributed by atoms with van der Waals surface area (Å²) in [5, 5.41) is 32.4. The van der Waals surface area contributed by atoms with Crippen molar-refractivity contribution in [1.82, 2.24) is 10.6 Å². The smallest absolute Gasteiger partial charge is 0.305 e. The van der Waals surface area contributed by atoms with Gasteiger partial charge in [0.1, 0.15) is 6.10 Å². The van der Waals surface area contributed by atoms with Crippen molar-refractivity contribution in [2.45, 2.75) is 32.8 Å². The minimum Gasteiger partial charge on any atom is -0.481 e. The summed E-state index contributed by atoms with van der Waals surface area (Å²) in [4.78, 5) is 21.9. The summed E-state index contributed by atoms with van der Waals surface area (Å²) in [5.74, 6) is -1.57. The van der Waals surface area contributed by atoms with E-state index in [-0.39, 0.29) is 19.6 Å². The molecule has 19 heavy (non-hydrogen) atoms. The SMILES string of the molecule is CC(C)(CNCCCO)[C@@H](O)C(=O)NCCC(=O)O. The van der Waals surface area contributed by atoms with Gasteiger partial charge in [-0.25, -0.2) is 0 Å². The van der Waals surface area contributed by atoms with E-state index >= 15 is 0 Å². The number of rotatable bonds is 10. The van der Waals surface area contributed by atoms with Gasteiger partial charge in [0, 0.05) is 25.1 Å². The van der Waals surface area contributed by atoms with Gasteiger partial charge in [0.15, 0.2) is 0 Å². The molecule has 7 heteroatoms. The minimum atomic E-state index is -1.22. The topological polar surface area (TPSA) is 119 Å². The monoisotopic (exact) mass is 276 g/mol. The standard InChI is InChI=1S/C12H24N2O5/c1-12(2,8-13-5-3-7-15)10(18)11(19)14-6-4-9(16)17/h10,13,15,18H,3-8H2,1-2H3,(H,14,19)(H,16,17)/t10-/m0/s1. The molecule has 0 aliphatic rings. The van der Waals surface area contributed by atoms with Gasteiger partial charge in [-0.1, -0.05) is 13.8 Å². The van der Waals surface area contributed by atoms with Crippen LogP contribution in [0.3, 0.4) is 0 Å². The molecule has 0 saturated carbocycles. The molecule has 0 spiro atoms. The lowest BCUT2D eigenvalue weighted by Crippen LogP contribution is -2.48. The van der Waals surface area contributed by atoms with Crippen LogP contribution in [0, 0.1) is 5.41 Å². The van der Waals surface area contributed by atoms with Crippen LogP contribution in [0.4, 0.5) is 0 Å². The van der Waals surface area contributed by atoms with Crippen molar-refractivity contribution in [2.24, 2.45) is 5.41 Å². The van der Waals surface area contributed by atoms with Gasteiger partial charge in [-0.15, -0.1) is 0 Å². The van der Waals surface area contributed by atoms with E-state index in [0.29, 0.717) is 19.5 Å². The maximum absolute atomic E-state index is 11.6. The Morgan fingerprint density at radius 3 is 2.42 bits per heavy atom. The zero-order chi connectivity index (χ0) is 14.9. The van der Waals surface area contributed by atoms with Crippen LogP contribution in [0.25, 0.3) is 0 Å². The summed E-state index contributed by atoms with van der Waals surface area (Å²) in [6, 6.07) is 0. The summed E-state index contributed by atoms with van der Waals surface area (Å²) in [6.07, 6.45) is -0.784. The summed E-state index contributed by atoms with van der Waals surface area (Å²) in [7, 11) is 0. The minimum absolute atomic E-state index is 0.000746. The Hall–Kier alpha value is -1.18. The van der Waals surface area contributed by atoms with E-state index < -0.39 is 23.4 Å². The number of aliphatic hydroxyl groups is 2. The number of carbonyl (C=O) groups is 2. The number of hydrogen-bond acceptors (Lipinski definition) is 5. The Morgan fingerprint density at radius 1 is 1.26 bits per heavy atom. The molecule has 0 heterocycles. The van der Waals surface area contributed by atoms with Crippen molar-refractivity contribution in [1.29, 1.82) is 0 Å². The molecule has 0 aromatic rings. The molecular weight excluding hydrogens is 252 g/mol. The molecule has 5 N–H and O–H groups in total. The first-order valence-electron chi connectivity index (χ1n) is 6.30. The van der Waals surface area contributed by atoms with Gasteiger partial charge in [0.25, 0.3) is 0 Å². The maximum Gasteiger partial charge on any atom is 0.305 e. The Bertz CT molecular complexity index is 294. The molecule has 0 aromatic carbocycles. The van der Waals surface area contributed by atoms with E-state index in [1.807, 2.05) is 0 Å². The molecule has 0 unspecified atom stereocenters. The highest BCUT2D eigenvalue weighted by atomic mass is 16.4. The number of carboxylic acid groups (broad SMARTS) is 1. The maximum atomic E-state index is 11.6. The van der Waals surface area contributed by atoms with E-state index in [1.165, 1.54) is 0 Å². The number of hydrogen-bond donors (Lipinski definition) is 5. The van der Waals surface area contributed by atoms with Crippen LogP contribution in [0.5, 0.6) is 0 Å². The number of nitrogens with one attached hydrogen (secondary N) is 2. The molecule has 0 aliphatic heterocycles. The fourth-order valence-electron chi connectivity index (χ4n) is 1.46. The molecule has 0 aromatic heterocycles. The Kier molecular flexibility index (Phi) is 8.29. The van der Waals surface area contributed by atoms with Gasteiger partial charge in [0.05, 0.1) is 6.42 Å². The normalized spacial score (nSPS) is 13.1. The van der Waals surface area contributed by atoms with E-state index in [9.17, 15) is 14.7 Å². The van der Waals surface area contributed by atoms with Crippen molar-refractivity contribution in [2.75, 3.05) is 26.2 Å². The quantitative estimate of drug-likeness (QED) is 0.324. The third kappa shape index (κ3) is 7.76. The van der Waals surface area contributed by atoms with Crippen molar-refractivity contribution in [3.8, 4) is 0 Å². The molecule has 0 rings (SSSR count). The van der Waals surface area contributed by atoms with E-state index in [4.69, 9.17) is 10.2 Å². The largest absolute Gasteiger partial charge is 0.481 e. The molecule has 0 fully saturated rings. The zero-order valence-electron chi connectivity index (χ0n) is 11.5. The Balaban J connectivity index is 4.08. The molecule has 7 nitrogen and oxygen atoms in total. The summed E-state index contributed by atoms with van der Waals surface area (Å²) < 4.78 is 0. The van der Waals surface area contributed by atoms with Crippen molar-refractivity contribution < 1.29 is 24.9 Å². The van der Waals surface area contributed by atoms with Gasteiger partial charge in [-0.3, -0.25) is 9.59 Å². The van der Waals surface area contributed by atoms with Gasteiger partial charge < -0.3 is 26.0 Å². The predicted molar refractivity (Wildman–Crippen MR) is 69.6 cm³/mol. The first-order chi connectivity index (χ1) is 8.81. The lowest BCUT2D eigenvalue weighted by atomic mass is 9.86. The van der Waals surface area contributed by atoms with Gasteiger partial charge in [-0.05, 0) is 13.0 Å². The molecule has 1 amide bonds. The van der Waals surface area contributed by atoms with Crippen LogP contribution in [-0.4, -0.2) is 59.5 Å². The second-order valence-corrected chi connectivity index (χ2v) is 5.08. The van der Waals surface area contributed by atoms with Crippen LogP contribution < -0.4 is 10.6 Å².